The van der Waals surface area contributed by atoms with Crippen LogP contribution in [0, 0.1) is 24.7 Å². The predicted octanol–water partition coefficient (Wildman–Crippen LogP) is 3.29. The summed E-state index contributed by atoms with van der Waals surface area (Å²) in [7, 11) is 0. The first-order chi connectivity index (χ1) is 10.0. The standard InChI is InChI=1S/C16H24BrN3O/c1-10(14-8-12-3-4-13(14)7-12)18-16(21)5-6-20-9-15(17)11(2)19-20/h9-10,12-14H,3-8H2,1-2H3,(H,18,21)/t10-,12+,13+,14-/m1/s1. The lowest BCUT2D eigenvalue weighted by Crippen LogP contribution is -2.40. The third-order valence-electron chi connectivity index (χ3n) is 5.28. The molecule has 2 fully saturated rings. The lowest BCUT2D eigenvalue weighted by atomic mass is 9.84. The van der Waals surface area contributed by atoms with Crippen LogP contribution in [0.15, 0.2) is 10.7 Å². The van der Waals surface area contributed by atoms with Crippen LogP contribution in [0.4, 0.5) is 0 Å². The topological polar surface area (TPSA) is 46.9 Å². The number of aromatic nitrogens is 2. The highest BCUT2D eigenvalue weighted by Gasteiger charge is 2.42. The number of carbonyl (C=O) groups is 1. The molecular formula is C16H24BrN3O. The molecule has 0 spiro atoms. The fourth-order valence-electron chi connectivity index (χ4n) is 4.16. The van der Waals surface area contributed by atoms with Crippen LogP contribution < -0.4 is 5.32 Å². The van der Waals surface area contributed by atoms with Gasteiger partial charge in [0.1, 0.15) is 0 Å². The Labute approximate surface area is 134 Å². The van der Waals surface area contributed by atoms with E-state index in [-0.39, 0.29) is 5.91 Å². The van der Waals surface area contributed by atoms with Gasteiger partial charge in [0.2, 0.25) is 5.91 Å². The summed E-state index contributed by atoms with van der Waals surface area (Å²) in [4.78, 5) is 12.1. The van der Waals surface area contributed by atoms with E-state index < -0.39 is 0 Å². The summed E-state index contributed by atoms with van der Waals surface area (Å²) < 4.78 is 2.83. The molecule has 0 saturated heterocycles. The summed E-state index contributed by atoms with van der Waals surface area (Å²) in [6.45, 7) is 4.78. The number of hydrogen-bond donors (Lipinski definition) is 1. The molecule has 0 unspecified atom stereocenters. The van der Waals surface area contributed by atoms with Crippen molar-refractivity contribution < 1.29 is 4.79 Å². The number of nitrogens with zero attached hydrogens (tertiary/aromatic N) is 2. The number of rotatable bonds is 5. The number of halogens is 1. The van der Waals surface area contributed by atoms with Gasteiger partial charge in [0, 0.05) is 25.2 Å². The first-order valence-corrected chi connectivity index (χ1v) is 8.81. The second-order valence-corrected chi connectivity index (χ2v) is 7.62. The molecule has 1 N–H and O–H groups in total. The quantitative estimate of drug-likeness (QED) is 0.882. The van der Waals surface area contributed by atoms with Crippen LogP contribution >= 0.6 is 15.9 Å². The van der Waals surface area contributed by atoms with Gasteiger partial charge in [-0.15, -0.1) is 0 Å². The van der Waals surface area contributed by atoms with Gasteiger partial charge in [0.05, 0.1) is 10.2 Å². The van der Waals surface area contributed by atoms with Gasteiger partial charge in [-0.05, 0) is 66.8 Å². The van der Waals surface area contributed by atoms with Crippen molar-refractivity contribution in [3.05, 3.63) is 16.4 Å². The first-order valence-electron chi connectivity index (χ1n) is 8.02. The van der Waals surface area contributed by atoms with Crippen LogP contribution in [0.5, 0.6) is 0 Å². The number of carbonyl (C=O) groups excluding carboxylic acids is 1. The lowest BCUT2D eigenvalue weighted by molar-refractivity contribution is -0.122. The van der Waals surface area contributed by atoms with E-state index >= 15 is 0 Å². The van der Waals surface area contributed by atoms with Crippen LogP contribution in [0.3, 0.4) is 0 Å². The molecule has 21 heavy (non-hydrogen) atoms. The molecule has 2 aliphatic rings. The van der Waals surface area contributed by atoms with E-state index in [9.17, 15) is 4.79 Å². The van der Waals surface area contributed by atoms with E-state index in [1.165, 1.54) is 25.7 Å². The smallest absolute Gasteiger partial charge is 0.222 e. The van der Waals surface area contributed by atoms with Crippen molar-refractivity contribution >= 4 is 21.8 Å². The number of fused-ring (bicyclic) bond motifs is 2. The van der Waals surface area contributed by atoms with Gasteiger partial charge < -0.3 is 5.32 Å². The Hall–Kier alpha value is -0.840. The van der Waals surface area contributed by atoms with E-state index in [1.54, 1.807) is 0 Å². The summed E-state index contributed by atoms with van der Waals surface area (Å²) in [6.07, 6.45) is 7.93. The lowest BCUT2D eigenvalue weighted by Gasteiger charge is -2.28. The average Bonchev–Trinajstić information content (AvgIpc) is 3.13. The maximum absolute atomic E-state index is 12.1. The number of hydrogen-bond acceptors (Lipinski definition) is 2. The SMILES string of the molecule is Cc1nn(CCC(=O)N[C@H](C)[C@H]2C[C@H]3CC[C@H]2C3)cc1Br. The molecule has 0 aromatic carbocycles. The van der Waals surface area contributed by atoms with Gasteiger partial charge in [0.25, 0.3) is 0 Å². The minimum atomic E-state index is 0.148. The minimum Gasteiger partial charge on any atom is -0.353 e. The Morgan fingerprint density at radius 3 is 2.90 bits per heavy atom. The fourth-order valence-corrected chi connectivity index (χ4v) is 4.48. The molecule has 0 radical (unpaired) electrons. The highest BCUT2D eigenvalue weighted by Crippen LogP contribution is 2.49. The molecule has 5 heteroatoms. The van der Waals surface area contributed by atoms with Crippen molar-refractivity contribution in [1.29, 1.82) is 0 Å². The van der Waals surface area contributed by atoms with Gasteiger partial charge in [-0.2, -0.15) is 5.10 Å². The molecule has 1 aromatic rings. The zero-order chi connectivity index (χ0) is 15.0. The third kappa shape index (κ3) is 3.33. The van der Waals surface area contributed by atoms with Crippen molar-refractivity contribution in [2.75, 3.05) is 0 Å². The summed E-state index contributed by atoms with van der Waals surface area (Å²) in [5, 5.41) is 7.57. The molecule has 2 bridgehead atoms. The molecule has 3 rings (SSSR count). The maximum Gasteiger partial charge on any atom is 0.222 e. The van der Waals surface area contributed by atoms with E-state index in [0.29, 0.717) is 24.9 Å². The van der Waals surface area contributed by atoms with Crippen molar-refractivity contribution in [3.63, 3.8) is 0 Å². The summed E-state index contributed by atoms with van der Waals surface area (Å²) >= 11 is 3.44. The second kappa shape index (κ2) is 6.11. The fraction of sp³-hybridized carbons (Fsp3) is 0.750. The van der Waals surface area contributed by atoms with Crippen molar-refractivity contribution in [3.8, 4) is 0 Å². The number of nitrogens with one attached hydrogen (secondary N) is 1. The molecule has 0 aliphatic heterocycles. The van der Waals surface area contributed by atoms with Crippen LogP contribution in [0.25, 0.3) is 0 Å². The Morgan fingerprint density at radius 1 is 1.52 bits per heavy atom. The first kappa shape index (κ1) is 15.1. The van der Waals surface area contributed by atoms with Gasteiger partial charge in [-0.3, -0.25) is 9.48 Å². The number of amides is 1. The molecule has 1 heterocycles. The maximum atomic E-state index is 12.1. The van der Waals surface area contributed by atoms with E-state index in [0.717, 1.165) is 22.0 Å². The second-order valence-electron chi connectivity index (χ2n) is 6.77. The van der Waals surface area contributed by atoms with Crippen LogP contribution in [-0.4, -0.2) is 21.7 Å². The monoisotopic (exact) mass is 353 g/mol. The largest absolute Gasteiger partial charge is 0.353 e. The van der Waals surface area contributed by atoms with Gasteiger partial charge in [0.15, 0.2) is 0 Å². The molecule has 1 aromatic heterocycles. The molecule has 116 valence electrons. The zero-order valence-corrected chi connectivity index (χ0v) is 14.4. The van der Waals surface area contributed by atoms with Crippen molar-refractivity contribution in [2.45, 2.75) is 58.5 Å². The molecule has 4 atom stereocenters. The Balaban J connectivity index is 1.45. The molecular weight excluding hydrogens is 330 g/mol. The van der Waals surface area contributed by atoms with E-state index in [4.69, 9.17) is 0 Å². The average molecular weight is 354 g/mol. The number of aryl methyl sites for hydroxylation is 2. The molecule has 2 aliphatic carbocycles. The Bertz CT molecular complexity index is 508. The molecule has 4 nitrogen and oxygen atoms in total. The van der Waals surface area contributed by atoms with Gasteiger partial charge in [-0.1, -0.05) is 6.42 Å². The minimum absolute atomic E-state index is 0.148. The highest BCUT2D eigenvalue weighted by atomic mass is 79.9. The van der Waals surface area contributed by atoms with Crippen molar-refractivity contribution in [2.24, 2.45) is 17.8 Å². The van der Waals surface area contributed by atoms with Crippen LogP contribution in [0.2, 0.25) is 0 Å². The normalized spacial score (nSPS) is 28.8. The molecule has 1 amide bonds. The van der Waals surface area contributed by atoms with E-state index in [2.05, 4.69) is 33.3 Å². The highest BCUT2D eigenvalue weighted by molar-refractivity contribution is 9.10. The van der Waals surface area contributed by atoms with Gasteiger partial charge >= 0.3 is 0 Å². The predicted molar refractivity (Wildman–Crippen MR) is 85.8 cm³/mol. The Morgan fingerprint density at radius 2 is 2.33 bits per heavy atom. The van der Waals surface area contributed by atoms with Gasteiger partial charge in [-0.25, -0.2) is 0 Å². The van der Waals surface area contributed by atoms with E-state index in [1.807, 2.05) is 17.8 Å². The summed E-state index contributed by atoms with van der Waals surface area (Å²) in [6, 6.07) is 0.318. The van der Waals surface area contributed by atoms with Crippen LogP contribution in [0.1, 0.15) is 44.7 Å². The summed E-state index contributed by atoms with van der Waals surface area (Å²) in [5.41, 5.74) is 0.964. The third-order valence-corrected chi connectivity index (χ3v) is 6.06. The molecule has 2 saturated carbocycles. The van der Waals surface area contributed by atoms with Crippen LogP contribution in [-0.2, 0) is 11.3 Å². The Kier molecular flexibility index (Phi) is 4.38. The van der Waals surface area contributed by atoms with Crippen molar-refractivity contribution in [1.82, 2.24) is 15.1 Å². The summed E-state index contributed by atoms with van der Waals surface area (Å²) in [5.74, 6) is 2.64. The zero-order valence-electron chi connectivity index (χ0n) is 12.8.